The lowest BCUT2D eigenvalue weighted by Crippen LogP contribution is -2.72. The number of aromatic hydroxyl groups is 1. The van der Waals surface area contributed by atoms with Gasteiger partial charge in [0.2, 0.25) is 0 Å². The number of Topliss-reactive ketones (excluding diaryl/α,β-unsaturated/α-hetero) is 2. The second kappa shape index (κ2) is 12.2. The van der Waals surface area contributed by atoms with E-state index in [4.69, 9.17) is 4.74 Å². The van der Waals surface area contributed by atoms with Gasteiger partial charge in [-0.15, -0.1) is 0 Å². The van der Waals surface area contributed by atoms with Crippen LogP contribution in [0.2, 0.25) is 0 Å². The van der Waals surface area contributed by atoms with Gasteiger partial charge in [-0.2, -0.15) is 0 Å². The van der Waals surface area contributed by atoms with Gasteiger partial charge in [-0.3, -0.25) is 9.59 Å². The second-order valence-corrected chi connectivity index (χ2v) is 19.6. The van der Waals surface area contributed by atoms with Crippen LogP contribution in [0.15, 0.2) is 29.3 Å². The molecule has 1 aliphatic heterocycles. The third kappa shape index (κ3) is 5.38. The van der Waals surface area contributed by atoms with Gasteiger partial charge in [0.15, 0.2) is 5.78 Å². The zero-order valence-electron chi connectivity index (χ0n) is 32.6. The maximum absolute atomic E-state index is 15.5. The summed E-state index contributed by atoms with van der Waals surface area (Å²) in [7, 11) is 1.90. The van der Waals surface area contributed by atoms with Crippen LogP contribution < -0.4 is 10.6 Å². The number of nitrogens with one attached hydrogen (secondary N) is 2. The Labute approximate surface area is 305 Å². The van der Waals surface area contributed by atoms with E-state index >= 15 is 4.79 Å². The number of ether oxygens (including phenoxy) is 1. The molecule has 0 amide bonds. The van der Waals surface area contributed by atoms with Crippen molar-refractivity contribution < 1.29 is 29.6 Å². The van der Waals surface area contributed by atoms with Crippen molar-refractivity contribution in [1.82, 2.24) is 10.6 Å². The SMILES string of the molecule is CNCc1cc(O)cc([C@]23CCC[C@]45CC(=O)C([C@H](C)C[C@@H](O)[C@H]6OC6(C)C)=C4CC[C@@H]4[C@](C)(C2)[C@@H]([C@@H](NC[C@H](C)O)C[C@]45C)C(C)(C)C3=O)c1. The van der Waals surface area contributed by atoms with Crippen molar-refractivity contribution in [3.63, 3.8) is 0 Å². The molecular formula is C43H64N2O6. The number of rotatable bonds is 10. The van der Waals surface area contributed by atoms with Crippen molar-refractivity contribution in [2.24, 2.45) is 39.4 Å². The number of fused-ring (bicyclic) bond motifs is 1. The van der Waals surface area contributed by atoms with Crippen molar-refractivity contribution in [2.75, 3.05) is 13.6 Å². The van der Waals surface area contributed by atoms with Crippen LogP contribution in [0.4, 0.5) is 0 Å². The average molecular weight is 705 g/mol. The monoisotopic (exact) mass is 704 g/mol. The van der Waals surface area contributed by atoms with Crippen molar-refractivity contribution >= 4 is 11.6 Å². The summed E-state index contributed by atoms with van der Waals surface area (Å²) in [6, 6.07) is 5.78. The molecule has 5 bridgehead atoms. The van der Waals surface area contributed by atoms with Crippen LogP contribution in [0.25, 0.3) is 0 Å². The van der Waals surface area contributed by atoms with Crippen molar-refractivity contribution in [3.8, 4) is 5.75 Å². The molecule has 7 rings (SSSR count). The van der Waals surface area contributed by atoms with Gasteiger partial charge in [-0.1, -0.05) is 52.7 Å². The molecule has 1 heterocycles. The fourth-order valence-electron chi connectivity index (χ4n) is 14.0. The molecule has 5 aliphatic carbocycles. The van der Waals surface area contributed by atoms with Crippen LogP contribution >= 0.6 is 0 Å². The molecule has 1 aromatic carbocycles. The van der Waals surface area contributed by atoms with Gasteiger partial charge in [0.05, 0.1) is 23.2 Å². The molecule has 51 heavy (non-hydrogen) atoms. The zero-order valence-corrected chi connectivity index (χ0v) is 32.6. The Morgan fingerprint density at radius 3 is 2.37 bits per heavy atom. The highest BCUT2D eigenvalue weighted by molar-refractivity contribution is 6.01. The van der Waals surface area contributed by atoms with Crippen molar-refractivity contribution in [2.45, 2.75) is 155 Å². The molecule has 8 heteroatoms. The second-order valence-electron chi connectivity index (χ2n) is 19.6. The predicted molar refractivity (Wildman–Crippen MR) is 198 cm³/mol. The van der Waals surface area contributed by atoms with Crippen LogP contribution in [0.1, 0.15) is 124 Å². The number of aliphatic hydroxyl groups excluding tert-OH is 2. The van der Waals surface area contributed by atoms with Gasteiger partial charge in [-0.05, 0) is 130 Å². The Bertz CT molecular complexity index is 1630. The topological polar surface area (TPSA) is 131 Å². The van der Waals surface area contributed by atoms with E-state index in [0.717, 1.165) is 48.8 Å². The van der Waals surface area contributed by atoms with E-state index in [1.54, 1.807) is 6.07 Å². The Morgan fingerprint density at radius 1 is 1.02 bits per heavy atom. The number of phenolic OH excluding ortho intramolecular Hbond substituents is 1. The number of hydrogen-bond acceptors (Lipinski definition) is 8. The van der Waals surface area contributed by atoms with E-state index in [0.29, 0.717) is 38.8 Å². The average Bonchev–Trinajstić information content (AvgIpc) is 3.56. The summed E-state index contributed by atoms with van der Waals surface area (Å²) < 4.78 is 5.81. The number of phenols is 1. The molecule has 11 atom stereocenters. The van der Waals surface area contributed by atoms with Crippen molar-refractivity contribution in [1.29, 1.82) is 0 Å². The van der Waals surface area contributed by atoms with E-state index in [1.165, 1.54) is 5.57 Å². The zero-order chi connectivity index (χ0) is 37.1. The first-order valence-corrected chi connectivity index (χ1v) is 19.8. The Kier molecular flexibility index (Phi) is 8.91. The molecule has 282 valence electrons. The number of carbonyl (C=O) groups is 2. The molecule has 1 spiro atoms. The Morgan fingerprint density at radius 2 is 1.73 bits per heavy atom. The predicted octanol–water partition coefficient (Wildman–Crippen LogP) is 6.13. The quantitative estimate of drug-likeness (QED) is 0.184. The number of epoxide rings is 1. The number of carbonyl (C=O) groups excluding carboxylic acids is 2. The standard InChI is InChI=1S/C43H64N2O6/c1-24(15-31(48)36-39(5,6)51-36)34-29-11-12-33-40(7)23-42(27-16-26(22-44-9)17-28(47)18-27)13-10-14-43(29,20-32(34)49)41(33,8)19-30(45-21-25(2)46)35(40)38(3,4)37(42)50/h16-18,24-25,30-31,33,35-36,44-48H,10-15,19-23H2,1-9H3/t24-,25+,30+,31-,33-,35+,36-,40+,41-,42+,43+/m1/s1. The number of aliphatic hydroxyl groups is 2. The molecule has 0 unspecified atom stereocenters. The highest BCUT2D eigenvalue weighted by Gasteiger charge is 2.74. The first-order chi connectivity index (χ1) is 23.8. The third-order valence-electron chi connectivity index (χ3n) is 15.5. The van der Waals surface area contributed by atoms with Gasteiger partial charge in [0.25, 0.3) is 0 Å². The number of hydrogen-bond donors (Lipinski definition) is 5. The van der Waals surface area contributed by atoms with Gasteiger partial charge >= 0.3 is 0 Å². The van der Waals surface area contributed by atoms with E-state index in [-0.39, 0.29) is 69.1 Å². The Balaban J connectivity index is 1.40. The minimum Gasteiger partial charge on any atom is -0.508 e. The maximum atomic E-state index is 15.5. The summed E-state index contributed by atoms with van der Waals surface area (Å²) in [5.41, 5.74) is 1.57. The smallest absolute Gasteiger partial charge is 0.160 e. The van der Waals surface area contributed by atoms with Crippen LogP contribution in [0.3, 0.4) is 0 Å². The van der Waals surface area contributed by atoms with Crippen LogP contribution in [0, 0.1) is 39.4 Å². The first kappa shape index (κ1) is 37.2. The van der Waals surface area contributed by atoms with Gasteiger partial charge in [-0.25, -0.2) is 0 Å². The van der Waals surface area contributed by atoms with Gasteiger partial charge in [0, 0.05) is 36.4 Å². The molecule has 1 aromatic rings. The first-order valence-electron chi connectivity index (χ1n) is 19.8. The fraction of sp³-hybridized carbons (Fsp3) is 0.767. The van der Waals surface area contributed by atoms with E-state index in [2.05, 4.69) is 51.3 Å². The molecule has 5 N–H and O–H groups in total. The fourth-order valence-corrected chi connectivity index (χ4v) is 14.0. The number of ketones is 2. The summed E-state index contributed by atoms with van der Waals surface area (Å²) in [6.45, 7) is 18.3. The minimum atomic E-state index is -0.777. The lowest BCUT2D eigenvalue weighted by Gasteiger charge is -2.71. The van der Waals surface area contributed by atoms with Crippen LogP contribution in [-0.4, -0.2) is 70.4 Å². The normalized spacial score (nSPS) is 41.0. The summed E-state index contributed by atoms with van der Waals surface area (Å²) in [5.74, 6) is 0.920. The van der Waals surface area contributed by atoms with E-state index in [1.807, 2.05) is 33.9 Å². The molecule has 0 radical (unpaired) electrons. The largest absolute Gasteiger partial charge is 0.508 e. The number of benzene rings is 1. The number of allylic oxidation sites excluding steroid dienone is 2. The molecule has 0 aromatic heterocycles. The molecular weight excluding hydrogens is 640 g/mol. The molecule has 6 aliphatic rings. The van der Waals surface area contributed by atoms with Crippen LogP contribution in [-0.2, 0) is 26.3 Å². The summed E-state index contributed by atoms with van der Waals surface area (Å²) in [5, 5.41) is 39.9. The lowest BCUT2D eigenvalue weighted by atomic mass is 9.33. The highest BCUT2D eigenvalue weighted by atomic mass is 16.6. The molecule has 8 nitrogen and oxygen atoms in total. The highest BCUT2D eigenvalue weighted by Crippen LogP contribution is 2.77. The lowest BCUT2D eigenvalue weighted by molar-refractivity contribution is -0.201. The van der Waals surface area contributed by atoms with E-state index < -0.39 is 23.0 Å². The summed E-state index contributed by atoms with van der Waals surface area (Å²) >= 11 is 0. The van der Waals surface area contributed by atoms with E-state index in [9.17, 15) is 20.1 Å². The summed E-state index contributed by atoms with van der Waals surface area (Å²) in [4.78, 5) is 30.0. The van der Waals surface area contributed by atoms with Gasteiger partial charge < -0.3 is 30.7 Å². The summed E-state index contributed by atoms with van der Waals surface area (Å²) in [6.07, 6.45) is 5.35. The van der Waals surface area contributed by atoms with Crippen molar-refractivity contribution in [3.05, 3.63) is 40.5 Å². The minimum absolute atomic E-state index is 0.0196. The Hall–Kier alpha value is -2.10. The van der Waals surface area contributed by atoms with Crippen LogP contribution in [0.5, 0.6) is 5.75 Å². The van der Waals surface area contributed by atoms with Gasteiger partial charge in [0.1, 0.15) is 17.6 Å². The molecule has 1 saturated heterocycles. The third-order valence-corrected chi connectivity index (χ3v) is 15.5. The maximum Gasteiger partial charge on any atom is 0.160 e. The molecule has 5 fully saturated rings. The molecule has 4 saturated carbocycles.